The van der Waals surface area contributed by atoms with E-state index in [1.165, 1.54) is 26.3 Å². The Morgan fingerprint density at radius 3 is 2.73 bits per heavy atom. The summed E-state index contributed by atoms with van der Waals surface area (Å²) in [5.41, 5.74) is -0.664. The average Bonchev–Trinajstić information content (AvgIpc) is 2.54. The molecule has 1 amide bonds. The molecule has 1 heterocycles. The minimum absolute atomic E-state index is 0.104. The minimum atomic E-state index is -1.08. The van der Waals surface area contributed by atoms with E-state index in [1.54, 1.807) is 0 Å². The molecule has 0 fully saturated rings. The SMILES string of the molecule is CC(C)(CC(=O)Nc1cnoc1)C(=O)O. The van der Waals surface area contributed by atoms with E-state index in [9.17, 15) is 9.59 Å². The number of hydrogen-bond donors (Lipinski definition) is 2. The summed E-state index contributed by atoms with van der Waals surface area (Å²) in [5.74, 6) is -1.39. The highest BCUT2D eigenvalue weighted by atomic mass is 16.5. The molecule has 0 aliphatic rings. The van der Waals surface area contributed by atoms with Crippen molar-refractivity contribution in [2.45, 2.75) is 20.3 Å². The van der Waals surface area contributed by atoms with Crippen LogP contribution in [0.15, 0.2) is 17.0 Å². The van der Waals surface area contributed by atoms with Crippen LogP contribution in [0.3, 0.4) is 0 Å². The molecule has 0 aliphatic carbocycles. The minimum Gasteiger partial charge on any atom is -0.481 e. The first-order valence-corrected chi connectivity index (χ1v) is 4.34. The Balaban J connectivity index is 2.53. The maximum atomic E-state index is 11.4. The first-order chi connectivity index (χ1) is 6.92. The molecule has 6 heteroatoms. The van der Waals surface area contributed by atoms with Crippen molar-refractivity contribution in [3.8, 4) is 0 Å². The van der Waals surface area contributed by atoms with Gasteiger partial charge in [-0.1, -0.05) is 5.16 Å². The number of aliphatic carboxylic acids is 1. The van der Waals surface area contributed by atoms with Gasteiger partial charge in [-0.15, -0.1) is 0 Å². The monoisotopic (exact) mass is 212 g/mol. The Labute approximate surface area is 86.3 Å². The highest BCUT2D eigenvalue weighted by molar-refractivity contribution is 5.93. The predicted molar refractivity (Wildman–Crippen MR) is 51.2 cm³/mol. The zero-order chi connectivity index (χ0) is 11.5. The molecule has 1 aromatic rings. The number of anilines is 1. The molecular formula is C9H12N2O4. The van der Waals surface area contributed by atoms with E-state index in [2.05, 4.69) is 15.0 Å². The summed E-state index contributed by atoms with van der Waals surface area (Å²) >= 11 is 0. The summed E-state index contributed by atoms with van der Waals surface area (Å²) in [7, 11) is 0. The van der Waals surface area contributed by atoms with Gasteiger partial charge in [-0.25, -0.2) is 0 Å². The molecule has 0 saturated carbocycles. The Hall–Kier alpha value is -1.85. The van der Waals surface area contributed by atoms with E-state index in [4.69, 9.17) is 5.11 Å². The fourth-order valence-corrected chi connectivity index (χ4v) is 0.949. The first kappa shape index (κ1) is 11.2. The van der Waals surface area contributed by atoms with Crippen molar-refractivity contribution in [2.24, 2.45) is 5.41 Å². The van der Waals surface area contributed by atoms with Crippen LogP contribution >= 0.6 is 0 Å². The fourth-order valence-electron chi connectivity index (χ4n) is 0.949. The number of aromatic nitrogens is 1. The number of carbonyl (C=O) groups is 2. The van der Waals surface area contributed by atoms with E-state index >= 15 is 0 Å². The second kappa shape index (κ2) is 4.12. The quantitative estimate of drug-likeness (QED) is 0.779. The molecule has 2 N–H and O–H groups in total. The number of nitrogens with one attached hydrogen (secondary N) is 1. The van der Waals surface area contributed by atoms with Crippen LogP contribution in [0.5, 0.6) is 0 Å². The summed E-state index contributed by atoms with van der Waals surface area (Å²) < 4.78 is 4.51. The van der Waals surface area contributed by atoms with Crippen LogP contribution in [-0.2, 0) is 9.59 Å². The smallest absolute Gasteiger partial charge is 0.309 e. The number of rotatable bonds is 4. The van der Waals surface area contributed by atoms with Crippen LogP contribution in [0.1, 0.15) is 20.3 Å². The maximum Gasteiger partial charge on any atom is 0.309 e. The van der Waals surface area contributed by atoms with Gasteiger partial charge in [-0.2, -0.15) is 0 Å². The number of nitrogens with zero attached hydrogens (tertiary/aromatic N) is 1. The van der Waals surface area contributed by atoms with Gasteiger partial charge in [0.15, 0.2) is 0 Å². The van der Waals surface area contributed by atoms with E-state index in [1.807, 2.05) is 0 Å². The molecule has 0 atom stereocenters. The normalized spacial score (nSPS) is 11.1. The lowest BCUT2D eigenvalue weighted by Crippen LogP contribution is -2.29. The number of hydrogen-bond acceptors (Lipinski definition) is 4. The lowest BCUT2D eigenvalue weighted by atomic mass is 9.89. The molecule has 0 bridgehead atoms. The second-order valence-electron chi connectivity index (χ2n) is 3.83. The van der Waals surface area contributed by atoms with Gasteiger partial charge in [0.25, 0.3) is 0 Å². The van der Waals surface area contributed by atoms with E-state index in [0.717, 1.165) is 0 Å². The molecule has 1 rings (SSSR count). The summed E-state index contributed by atoms with van der Waals surface area (Å²) in [6.07, 6.45) is 2.50. The highest BCUT2D eigenvalue weighted by Gasteiger charge is 2.30. The molecule has 1 aromatic heterocycles. The van der Waals surface area contributed by atoms with Gasteiger partial charge in [-0.05, 0) is 13.8 Å². The molecule has 0 aromatic carbocycles. The van der Waals surface area contributed by atoms with Crippen molar-refractivity contribution >= 4 is 17.6 Å². The average molecular weight is 212 g/mol. The van der Waals surface area contributed by atoms with Gasteiger partial charge in [-0.3, -0.25) is 9.59 Å². The maximum absolute atomic E-state index is 11.4. The van der Waals surface area contributed by atoms with Crippen LogP contribution < -0.4 is 5.32 Å². The zero-order valence-electron chi connectivity index (χ0n) is 8.48. The Morgan fingerprint density at radius 2 is 2.27 bits per heavy atom. The molecular weight excluding hydrogens is 200 g/mol. The Morgan fingerprint density at radius 1 is 1.60 bits per heavy atom. The molecule has 82 valence electrons. The molecule has 15 heavy (non-hydrogen) atoms. The van der Waals surface area contributed by atoms with Crippen LogP contribution in [0.4, 0.5) is 5.69 Å². The van der Waals surface area contributed by atoms with Gasteiger partial charge in [0.1, 0.15) is 12.0 Å². The summed E-state index contributed by atoms with van der Waals surface area (Å²) in [6.45, 7) is 2.98. The van der Waals surface area contributed by atoms with Crippen LogP contribution in [0.2, 0.25) is 0 Å². The van der Waals surface area contributed by atoms with E-state index in [-0.39, 0.29) is 12.3 Å². The third-order valence-electron chi connectivity index (χ3n) is 1.90. The standard InChI is InChI=1S/C9H12N2O4/c1-9(2,8(13)14)3-7(12)11-6-4-10-15-5-6/h4-5H,3H2,1-2H3,(H,11,12)(H,13,14). The first-order valence-electron chi connectivity index (χ1n) is 4.34. The van der Waals surface area contributed by atoms with Crippen molar-refractivity contribution in [3.63, 3.8) is 0 Å². The van der Waals surface area contributed by atoms with E-state index < -0.39 is 11.4 Å². The third kappa shape index (κ3) is 3.08. The predicted octanol–water partition coefficient (Wildman–Crippen LogP) is 1.11. The van der Waals surface area contributed by atoms with Crippen molar-refractivity contribution in [1.82, 2.24) is 5.16 Å². The van der Waals surface area contributed by atoms with Gasteiger partial charge in [0.2, 0.25) is 5.91 Å². The summed E-state index contributed by atoms with van der Waals surface area (Å²) in [6, 6.07) is 0. The highest BCUT2D eigenvalue weighted by Crippen LogP contribution is 2.21. The largest absolute Gasteiger partial charge is 0.481 e. The lowest BCUT2D eigenvalue weighted by Gasteiger charge is -2.17. The van der Waals surface area contributed by atoms with Crippen LogP contribution in [0, 0.1) is 5.41 Å². The van der Waals surface area contributed by atoms with Gasteiger partial charge in [0, 0.05) is 6.42 Å². The van der Waals surface area contributed by atoms with Crippen molar-refractivity contribution < 1.29 is 19.2 Å². The molecule has 0 aliphatic heterocycles. The van der Waals surface area contributed by atoms with Gasteiger partial charge >= 0.3 is 5.97 Å². The third-order valence-corrected chi connectivity index (χ3v) is 1.90. The summed E-state index contributed by atoms with van der Waals surface area (Å²) in [4.78, 5) is 22.1. The second-order valence-corrected chi connectivity index (χ2v) is 3.83. The van der Waals surface area contributed by atoms with Crippen LogP contribution in [-0.4, -0.2) is 22.1 Å². The molecule has 0 unspecified atom stereocenters. The molecule has 6 nitrogen and oxygen atoms in total. The summed E-state index contributed by atoms with van der Waals surface area (Å²) in [5, 5.41) is 14.7. The Kier molecular flexibility index (Phi) is 3.08. The topological polar surface area (TPSA) is 92.4 Å². The number of amides is 1. The molecule has 0 spiro atoms. The van der Waals surface area contributed by atoms with E-state index in [0.29, 0.717) is 5.69 Å². The number of carbonyl (C=O) groups excluding carboxylic acids is 1. The number of carboxylic acid groups (broad SMARTS) is 1. The van der Waals surface area contributed by atoms with Gasteiger partial charge in [0.05, 0.1) is 11.6 Å². The van der Waals surface area contributed by atoms with Crippen molar-refractivity contribution in [1.29, 1.82) is 0 Å². The number of carboxylic acids is 1. The lowest BCUT2D eigenvalue weighted by molar-refractivity contribution is -0.148. The van der Waals surface area contributed by atoms with Crippen LogP contribution in [0.25, 0.3) is 0 Å². The van der Waals surface area contributed by atoms with Crippen molar-refractivity contribution in [3.05, 3.63) is 12.5 Å². The fraction of sp³-hybridized carbons (Fsp3) is 0.444. The Bertz CT molecular complexity index is 356. The van der Waals surface area contributed by atoms with Gasteiger partial charge < -0.3 is 14.9 Å². The van der Waals surface area contributed by atoms with Crippen molar-refractivity contribution in [2.75, 3.05) is 5.32 Å². The molecule has 0 radical (unpaired) electrons. The molecule has 0 saturated heterocycles. The zero-order valence-corrected chi connectivity index (χ0v) is 8.48.